The van der Waals surface area contributed by atoms with Crippen molar-refractivity contribution >= 4 is 41.7 Å². The van der Waals surface area contributed by atoms with E-state index in [0.29, 0.717) is 0 Å². The third-order valence-corrected chi connectivity index (χ3v) is 3.70. The fraction of sp³-hybridized carbons (Fsp3) is 0.667. The van der Waals surface area contributed by atoms with E-state index in [1.165, 1.54) is 14.2 Å². The topological polar surface area (TPSA) is 71.1 Å². The van der Waals surface area contributed by atoms with Crippen LogP contribution in [0.25, 0.3) is 0 Å². The number of hydrogen-bond acceptors (Lipinski definition) is 7. The molecular formula is C6H9O6PS2. The summed E-state index contributed by atoms with van der Waals surface area (Å²) >= 11 is 8.71. The highest BCUT2D eigenvalue weighted by Crippen LogP contribution is 2.60. The zero-order valence-electron chi connectivity index (χ0n) is 7.91. The molecule has 0 aromatic heterocycles. The highest BCUT2D eigenvalue weighted by molar-refractivity contribution is 8.60. The van der Waals surface area contributed by atoms with E-state index in [9.17, 15) is 9.59 Å². The lowest BCUT2D eigenvalue weighted by atomic mass is 10.2. The summed E-state index contributed by atoms with van der Waals surface area (Å²) in [5.74, 6) is -1.49. The Morgan fingerprint density at radius 3 is 1.80 bits per heavy atom. The average Bonchev–Trinajstić information content (AvgIpc) is 2.52. The van der Waals surface area contributed by atoms with E-state index in [4.69, 9.17) is 20.9 Å². The Kier molecular flexibility index (Phi) is 4.13. The van der Waals surface area contributed by atoms with Crippen LogP contribution in [0.4, 0.5) is 0 Å². The summed E-state index contributed by atoms with van der Waals surface area (Å²) in [6.07, 6.45) is -2.41. The van der Waals surface area contributed by atoms with E-state index in [1.807, 2.05) is 0 Å². The highest BCUT2D eigenvalue weighted by Gasteiger charge is 2.49. The van der Waals surface area contributed by atoms with Crippen LogP contribution < -0.4 is 0 Å². The fourth-order valence-corrected chi connectivity index (χ4v) is 3.17. The van der Waals surface area contributed by atoms with Crippen molar-refractivity contribution in [2.75, 3.05) is 14.2 Å². The quantitative estimate of drug-likeness (QED) is 0.439. The molecule has 0 aliphatic carbocycles. The molecule has 2 unspecified atom stereocenters. The van der Waals surface area contributed by atoms with Gasteiger partial charge in [0, 0.05) is 0 Å². The van der Waals surface area contributed by atoms with Crippen LogP contribution in [0.5, 0.6) is 0 Å². The second-order valence-electron chi connectivity index (χ2n) is 2.57. The van der Waals surface area contributed by atoms with Crippen LogP contribution in [0.3, 0.4) is 0 Å². The van der Waals surface area contributed by atoms with Gasteiger partial charge < -0.3 is 18.5 Å². The first-order chi connectivity index (χ1) is 6.91. The molecule has 0 amide bonds. The minimum absolute atomic E-state index is 0.744. The van der Waals surface area contributed by atoms with Gasteiger partial charge in [-0.3, -0.25) is 0 Å². The molecule has 0 spiro atoms. The van der Waals surface area contributed by atoms with E-state index in [-0.39, 0.29) is 0 Å². The Bertz CT molecular complexity index is 304. The minimum Gasteiger partial charge on any atom is -0.467 e. The van der Waals surface area contributed by atoms with Crippen molar-refractivity contribution in [1.29, 1.82) is 0 Å². The zero-order valence-corrected chi connectivity index (χ0v) is 10.5. The molecule has 1 aliphatic rings. The average molecular weight is 272 g/mol. The van der Waals surface area contributed by atoms with Crippen molar-refractivity contribution < 1.29 is 28.1 Å². The zero-order chi connectivity index (χ0) is 11.6. The molecule has 0 radical (unpaired) electrons. The lowest BCUT2D eigenvalue weighted by Gasteiger charge is -2.11. The minimum atomic E-state index is -2.86. The molecule has 0 bridgehead atoms. The van der Waals surface area contributed by atoms with Crippen molar-refractivity contribution in [2.45, 2.75) is 12.2 Å². The number of carbonyl (C=O) groups excluding carboxylic acids is 2. The van der Waals surface area contributed by atoms with Gasteiger partial charge in [0.25, 0.3) is 0 Å². The predicted octanol–water partition coefficient (Wildman–Crippen LogP) is 0.271. The van der Waals surface area contributed by atoms with Gasteiger partial charge in [-0.05, 0) is 11.8 Å². The molecule has 1 heterocycles. The first-order valence-corrected chi connectivity index (χ1v) is 7.55. The van der Waals surface area contributed by atoms with Gasteiger partial charge in [0.2, 0.25) is 5.69 Å². The van der Waals surface area contributed by atoms with Gasteiger partial charge in [-0.15, -0.1) is 0 Å². The lowest BCUT2D eigenvalue weighted by Crippen LogP contribution is -2.38. The lowest BCUT2D eigenvalue weighted by molar-refractivity contribution is -0.160. The first kappa shape index (κ1) is 12.9. The molecule has 0 aromatic carbocycles. The van der Waals surface area contributed by atoms with Gasteiger partial charge in [0.15, 0.2) is 12.2 Å². The number of thiol groups is 1. The predicted molar refractivity (Wildman–Crippen MR) is 57.0 cm³/mol. The molecule has 9 heteroatoms. The molecule has 0 N–H and O–H groups in total. The van der Waals surface area contributed by atoms with E-state index in [1.54, 1.807) is 0 Å². The van der Waals surface area contributed by atoms with Crippen molar-refractivity contribution in [3.05, 3.63) is 0 Å². The van der Waals surface area contributed by atoms with E-state index in [0.717, 1.165) is 0 Å². The summed E-state index contributed by atoms with van der Waals surface area (Å²) in [6.45, 7) is 0. The van der Waals surface area contributed by atoms with Gasteiger partial charge >= 0.3 is 11.9 Å². The maximum atomic E-state index is 11.2. The van der Waals surface area contributed by atoms with Crippen LogP contribution in [-0.2, 0) is 39.9 Å². The number of hydrogen-bond donors (Lipinski definition) is 1. The molecule has 0 saturated carbocycles. The molecule has 0 aromatic rings. The molecule has 1 fully saturated rings. The monoisotopic (exact) mass is 272 g/mol. The van der Waals surface area contributed by atoms with Gasteiger partial charge in [0.1, 0.15) is 0 Å². The van der Waals surface area contributed by atoms with Gasteiger partial charge in [0.05, 0.1) is 14.2 Å². The van der Waals surface area contributed by atoms with Crippen LogP contribution in [0.2, 0.25) is 0 Å². The Morgan fingerprint density at radius 2 is 1.53 bits per heavy atom. The van der Waals surface area contributed by atoms with Crippen LogP contribution in [0.1, 0.15) is 0 Å². The van der Waals surface area contributed by atoms with Crippen LogP contribution >= 0.6 is 17.9 Å². The molecule has 1 aliphatic heterocycles. The Labute approximate surface area is 96.5 Å². The first-order valence-electron chi connectivity index (χ1n) is 3.76. The normalized spacial score (nSPS) is 34.9. The summed E-state index contributed by atoms with van der Waals surface area (Å²) in [4.78, 5) is 22.5. The molecule has 86 valence electrons. The van der Waals surface area contributed by atoms with Gasteiger partial charge in [-0.25, -0.2) is 9.59 Å². The number of ether oxygens (including phenoxy) is 2. The van der Waals surface area contributed by atoms with Crippen molar-refractivity contribution in [1.82, 2.24) is 0 Å². The molecule has 6 nitrogen and oxygen atoms in total. The van der Waals surface area contributed by atoms with E-state index < -0.39 is 29.8 Å². The van der Waals surface area contributed by atoms with Crippen LogP contribution in [0, 0.1) is 0 Å². The summed E-state index contributed by atoms with van der Waals surface area (Å²) < 4.78 is 18.9. The Morgan fingerprint density at radius 1 is 1.20 bits per heavy atom. The van der Waals surface area contributed by atoms with E-state index in [2.05, 4.69) is 21.7 Å². The SMILES string of the molecule is COC(=O)C1OP(=S)(S)OC1C(=O)OC. The highest BCUT2D eigenvalue weighted by atomic mass is 32.9. The second kappa shape index (κ2) is 4.80. The van der Waals surface area contributed by atoms with Gasteiger partial charge in [-0.2, -0.15) is 0 Å². The number of carbonyl (C=O) groups is 2. The molecule has 2 atom stereocenters. The largest absolute Gasteiger partial charge is 0.467 e. The van der Waals surface area contributed by atoms with Crippen molar-refractivity contribution in [2.24, 2.45) is 0 Å². The Balaban J connectivity index is 2.88. The summed E-state index contributed by atoms with van der Waals surface area (Å²) in [5, 5.41) is 0. The number of esters is 2. The third-order valence-electron chi connectivity index (χ3n) is 1.64. The maximum Gasteiger partial charge on any atom is 0.338 e. The molecule has 1 saturated heterocycles. The Hall–Kier alpha value is -0.140. The molecule has 15 heavy (non-hydrogen) atoms. The summed E-state index contributed by atoms with van der Waals surface area (Å²) in [6, 6.07) is 0. The number of rotatable bonds is 2. The van der Waals surface area contributed by atoms with E-state index >= 15 is 0 Å². The van der Waals surface area contributed by atoms with Crippen LogP contribution in [0.15, 0.2) is 0 Å². The summed E-state index contributed by atoms with van der Waals surface area (Å²) in [7, 11) is 2.33. The van der Waals surface area contributed by atoms with Gasteiger partial charge in [-0.1, -0.05) is 12.2 Å². The molecular weight excluding hydrogens is 263 g/mol. The number of methoxy groups -OCH3 is 2. The molecule has 1 rings (SSSR count). The standard InChI is InChI=1S/C6H9O6PS2/c1-9-5(7)3-4(6(8)10-2)12-13(14,15)11-3/h3-4H,1-2H3,(H,14,15). The third kappa shape index (κ3) is 2.92. The smallest absolute Gasteiger partial charge is 0.338 e. The maximum absolute atomic E-state index is 11.2. The summed E-state index contributed by atoms with van der Waals surface area (Å²) in [5.41, 5.74) is -2.86. The van der Waals surface area contributed by atoms with Crippen LogP contribution in [-0.4, -0.2) is 38.4 Å². The fourth-order valence-electron chi connectivity index (χ4n) is 0.988. The van der Waals surface area contributed by atoms with Crippen molar-refractivity contribution in [3.63, 3.8) is 0 Å². The van der Waals surface area contributed by atoms with Crippen molar-refractivity contribution in [3.8, 4) is 0 Å². The second-order valence-corrected chi connectivity index (χ2v) is 7.76.